The highest BCUT2D eigenvalue weighted by atomic mass is 32.1. The standard InChI is InChI=1S/C19H18N6OS2/c26-18(11-25-17-4-2-1-3-15(17)21-22-25)23-6-8-24(9-7-23)19-20-16(13-28-19)14-5-10-27-12-14/h1-5,10,12-13H,6-9,11H2. The molecule has 0 atom stereocenters. The second kappa shape index (κ2) is 7.33. The second-order valence-electron chi connectivity index (χ2n) is 6.63. The minimum absolute atomic E-state index is 0.0772. The zero-order valence-corrected chi connectivity index (χ0v) is 16.7. The van der Waals surface area contributed by atoms with E-state index in [4.69, 9.17) is 4.98 Å². The van der Waals surface area contributed by atoms with Gasteiger partial charge < -0.3 is 9.80 Å². The molecule has 1 aliphatic rings. The summed E-state index contributed by atoms with van der Waals surface area (Å²) in [7, 11) is 0. The number of rotatable bonds is 4. The Balaban J connectivity index is 1.21. The van der Waals surface area contributed by atoms with Crippen LogP contribution in [0, 0.1) is 0 Å². The fourth-order valence-corrected chi connectivity index (χ4v) is 4.90. The lowest BCUT2D eigenvalue weighted by Gasteiger charge is -2.34. The Kier molecular flexibility index (Phi) is 4.53. The predicted octanol–water partition coefficient (Wildman–Crippen LogP) is 2.97. The van der Waals surface area contributed by atoms with Gasteiger partial charge in [-0.1, -0.05) is 17.3 Å². The number of benzene rings is 1. The summed E-state index contributed by atoms with van der Waals surface area (Å²) in [6.07, 6.45) is 0. The molecule has 0 saturated carbocycles. The fraction of sp³-hybridized carbons (Fsp3) is 0.263. The van der Waals surface area contributed by atoms with Gasteiger partial charge in [0.25, 0.3) is 0 Å². The Labute approximate surface area is 169 Å². The summed E-state index contributed by atoms with van der Waals surface area (Å²) >= 11 is 3.34. The van der Waals surface area contributed by atoms with Crippen LogP contribution in [-0.4, -0.2) is 57.0 Å². The zero-order valence-electron chi connectivity index (χ0n) is 15.1. The van der Waals surface area contributed by atoms with E-state index >= 15 is 0 Å². The molecule has 4 heterocycles. The van der Waals surface area contributed by atoms with Gasteiger partial charge in [-0.15, -0.1) is 16.4 Å². The average Bonchev–Trinajstić information content (AvgIpc) is 3.49. The molecule has 1 fully saturated rings. The molecule has 3 aromatic heterocycles. The lowest BCUT2D eigenvalue weighted by Crippen LogP contribution is -2.49. The van der Waals surface area contributed by atoms with E-state index in [0.29, 0.717) is 13.1 Å². The number of amides is 1. The number of anilines is 1. The summed E-state index contributed by atoms with van der Waals surface area (Å²) in [6.45, 7) is 3.19. The molecule has 0 unspecified atom stereocenters. The average molecular weight is 411 g/mol. The van der Waals surface area contributed by atoms with E-state index in [0.717, 1.165) is 34.9 Å². The number of carbonyl (C=O) groups is 1. The van der Waals surface area contributed by atoms with E-state index in [1.54, 1.807) is 27.4 Å². The van der Waals surface area contributed by atoms with Crippen LogP contribution in [0.3, 0.4) is 0 Å². The van der Waals surface area contributed by atoms with Crippen LogP contribution in [0.1, 0.15) is 0 Å². The van der Waals surface area contributed by atoms with Crippen LogP contribution in [0.2, 0.25) is 0 Å². The molecule has 1 saturated heterocycles. The van der Waals surface area contributed by atoms with Gasteiger partial charge in [0.2, 0.25) is 5.91 Å². The lowest BCUT2D eigenvalue weighted by atomic mass is 10.3. The maximum absolute atomic E-state index is 12.7. The molecule has 142 valence electrons. The number of thiazole rings is 1. The Bertz CT molecular complexity index is 1090. The highest BCUT2D eigenvalue weighted by molar-refractivity contribution is 7.14. The van der Waals surface area contributed by atoms with Crippen molar-refractivity contribution < 1.29 is 4.79 Å². The lowest BCUT2D eigenvalue weighted by molar-refractivity contribution is -0.132. The third-order valence-electron chi connectivity index (χ3n) is 4.92. The molecule has 0 N–H and O–H groups in total. The van der Waals surface area contributed by atoms with Gasteiger partial charge in [-0.2, -0.15) is 11.3 Å². The summed E-state index contributed by atoms with van der Waals surface area (Å²) in [5, 5.41) is 15.5. The second-order valence-corrected chi connectivity index (χ2v) is 8.25. The molecule has 4 aromatic rings. The first kappa shape index (κ1) is 17.3. The van der Waals surface area contributed by atoms with Crippen LogP contribution in [0.5, 0.6) is 0 Å². The molecule has 5 rings (SSSR count). The first-order chi connectivity index (χ1) is 13.8. The Morgan fingerprint density at radius 3 is 2.75 bits per heavy atom. The largest absolute Gasteiger partial charge is 0.345 e. The Morgan fingerprint density at radius 1 is 1.07 bits per heavy atom. The number of hydrogen-bond acceptors (Lipinski definition) is 7. The maximum atomic E-state index is 12.7. The van der Waals surface area contributed by atoms with Gasteiger partial charge in [0.1, 0.15) is 12.1 Å². The van der Waals surface area contributed by atoms with Gasteiger partial charge in [0, 0.05) is 42.5 Å². The van der Waals surface area contributed by atoms with Crippen LogP contribution in [0.25, 0.3) is 22.3 Å². The van der Waals surface area contributed by atoms with Gasteiger partial charge >= 0.3 is 0 Å². The first-order valence-electron chi connectivity index (χ1n) is 9.07. The minimum Gasteiger partial charge on any atom is -0.345 e. The molecule has 28 heavy (non-hydrogen) atoms. The molecular weight excluding hydrogens is 392 g/mol. The van der Waals surface area contributed by atoms with Crippen molar-refractivity contribution in [1.82, 2.24) is 24.9 Å². The van der Waals surface area contributed by atoms with Crippen molar-refractivity contribution in [3.05, 3.63) is 46.5 Å². The summed E-state index contributed by atoms with van der Waals surface area (Å²) < 4.78 is 1.68. The number of nitrogens with zero attached hydrogens (tertiary/aromatic N) is 6. The van der Waals surface area contributed by atoms with E-state index in [1.165, 1.54) is 5.56 Å². The predicted molar refractivity (Wildman–Crippen MR) is 112 cm³/mol. The minimum atomic E-state index is 0.0772. The van der Waals surface area contributed by atoms with Gasteiger partial charge in [-0.25, -0.2) is 9.67 Å². The number of fused-ring (bicyclic) bond motifs is 1. The monoisotopic (exact) mass is 410 g/mol. The molecular formula is C19H18N6OS2. The third-order valence-corrected chi connectivity index (χ3v) is 6.50. The number of hydrogen-bond donors (Lipinski definition) is 0. The van der Waals surface area contributed by atoms with Crippen molar-refractivity contribution in [2.24, 2.45) is 0 Å². The number of aromatic nitrogens is 4. The van der Waals surface area contributed by atoms with Crippen molar-refractivity contribution in [1.29, 1.82) is 0 Å². The smallest absolute Gasteiger partial charge is 0.244 e. The first-order valence-corrected chi connectivity index (χ1v) is 10.9. The van der Waals surface area contributed by atoms with E-state index < -0.39 is 0 Å². The van der Waals surface area contributed by atoms with Crippen LogP contribution in [0.15, 0.2) is 46.5 Å². The summed E-state index contributed by atoms with van der Waals surface area (Å²) in [6, 6.07) is 9.79. The topological polar surface area (TPSA) is 67.2 Å². The Morgan fingerprint density at radius 2 is 1.93 bits per heavy atom. The zero-order chi connectivity index (χ0) is 18.9. The van der Waals surface area contributed by atoms with Crippen molar-refractivity contribution >= 4 is 44.7 Å². The molecule has 0 spiro atoms. The van der Waals surface area contributed by atoms with E-state index in [9.17, 15) is 4.79 Å². The van der Waals surface area contributed by atoms with E-state index in [1.807, 2.05) is 29.2 Å². The summed E-state index contributed by atoms with van der Waals surface area (Å²) in [4.78, 5) is 21.6. The summed E-state index contributed by atoms with van der Waals surface area (Å²) in [5.74, 6) is 0.0772. The SMILES string of the molecule is O=C(Cn1nnc2ccccc21)N1CCN(c2nc(-c3ccsc3)cs2)CC1. The van der Waals surface area contributed by atoms with E-state index in [-0.39, 0.29) is 12.5 Å². The molecule has 0 radical (unpaired) electrons. The highest BCUT2D eigenvalue weighted by Gasteiger charge is 2.23. The fourth-order valence-electron chi connectivity index (χ4n) is 3.36. The molecule has 0 bridgehead atoms. The highest BCUT2D eigenvalue weighted by Crippen LogP contribution is 2.29. The van der Waals surface area contributed by atoms with Gasteiger partial charge in [0.15, 0.2) is 5.13 Å². The van der Waals surface area contributed by atoms with Gasteiger partial charge in [-0.05, 0) is 23.6 Å². The van der Waals surface area contributed by atoms with Crippen LogP contribution < -0.4 is 4.90 Å². The van der Waals surface area contributed by atoms with Gasteiger partial charge in [0.05, 0.1) is 11.2 Å². The maximum Gasteiger partial charge on any atom is 0.244 e. The molecule has 9 heteroatoms. The van der Waals surface area contributed by atoms with Crippen LogP contribution in [-0.2, 0) is 11.3 Å². The molecule has 7 nitrogen and oxygen atoms in total. The number of piperazine rings is 1. The number of carbonyl (C=O) groups excluding carboxylic acids is 1. The number of para-hydroxylation sites is 1. The normalized spacial score (nSPS) is 14.7. The van der Waals surface area contributed by atoms with Crippen molar-refractivity contribution in [3.8, 4) is 11.3 Å². The van der Waals surface area contributed by atoms with Crippen LogP contribution in [0.4, 0.5) is 5.13 Å². The van der Waals surface area contributed by atoms with Crippen molar-refractivity contribution in [2.45, 2.75) is 6.54 Å². The van der Waals surface area contributed by atoms with E-state index in [2.05, 4.69) is 37.4 Å². The molecule has 1 aliphatic heterocycles. The third kappa shape index (κ3) is 3.27. The molecule has 1 amide bonds. The molecule has 0 aliphatic carbocycles. The van der Waals surface area contributed by atoms with Gasteiger partial charge in [-0.3, -0.25) is 4.79 Å². The van der Waals surface area contributed by atoms with Crippen molar-refractivity contribution in [2.75, 3.05) is 31.1 Å². The molecule has 1 aromatic carbocycles. The summed E-state index contributed by atoms with van der Waals surface area (Å²) in [5.41, 5.74) is 3.89. The Hall–Kier alpha value is -2.78. The quantitative estimate of drug-likeness (QED) is 0.517. The number of thiophene rings is 1. The van der Waals surface area contributed by atoms with Crippen molar-refractivity contribution in [3.63, 3.8) is 0 Å². The van der Waals surface area contributed by atoms with Crippen LogP contribution >= 0.6 is 22.7 Å².